The molecule has 0 radical (unpaired) electrons. The SMILES string of the molecule is CCC(CNC)CNCCCN(C)C. The van der Waals surface area contributed by atoms with Crippen LogP contribution in [0.15, 0.2) is 0 Å². The van der Waals surface area contributed by atoms with Crippen molar-refractivity contribution in [1.29, 1.82) is 0 Å². The third kappa shape index (κ3) is 8.48. The topological polar surface area (TPSA) is 27.3 Å². The van der Waals surface area contributed by atoms with Gasteiger partial charge < -0.3 is 15.5 Å². The summed E-state index contributed by atoms with van der Waals surface area (Å²) < 4.78 is 0. The summed E-state index contributed by atoms with van der Waals surface area (Å²) >= 11 is 0. The molecule has 0 aromatic rings. The van der Waals surface area contributed by atoms with Gasteiger partial charge in [0.15, 0.2) is 0 Å². The summed E-state index contributed by atoms with van der Waals surface area (Å²) in [5.74, 6) is 0.777. The van der Waals surface area contributed by atoms with Gasteiger partial charge in [0, 0.05) is 0 Å². The van der Waals surface area contributed by atoms with E-state index in [1.807, 2.05) is 7.05 Å². The van der Waals surface area contributed by atoms with Crippen LogP contribution in [0.4, 0.5) is 0 Å². The molecule has 0 rings (SSSR count). The second-order valence-electron chi connectivity index (χ2n) is 4.19. The lowest BCUT2D eigenvalue weighted by molar-refractivity contribution is 0.383. The van der Waals surface area contributed by atoms with Gasteiger partial charge in [0.05, 0.1) is 0 Å². The quantitative estimate of drug-likeness (QED) is 0.540. The summed E-state index contributed by atoms with van der Waals surface area (Å²) in [5.41, 5.74) is 0. The largest absolute Gasteiger partial charge is 0.319 e. The molecule has 3 heteroatoms. The second-order valence-corrected chi connectivity index (χ2v) is 4.19. The normalized spacial score (nSPS) is 13.5. The highest BCUT2D eigenvalue weighted by Crippen LogP contribution is 1.98. The molecule has 0 bridgehead atoms. The fourth-order valence-corrected chi connectivity index (χ4v) is 1.48. The average Bonchev–Trinajstić information content (AvgIpc) is 2.15. The van der Waals surface area contributed by atoms with Crippen LogP contribution in [0.2, 0.25) is 0 Å². The molecule has 0 aliphatic heterocycles. The predicted molar refractivity (Wildman–Crippen MR) is 63.7 cm³/mol. The number of nitrogens with one attached hydrogen (secondary N) is 2. The maximum Gasteiger partial charge on any atom is -0.000848 e. The van der Waals surface area contributed by atoms with Crippen molar-refractivity contribution in [3.8, 4) is 0 Å². The molecule has 86 valence electrons. The van der Waals surface area contributed by atoms with E-state index in [0.717, 1.165) is 25.6 Å². The smallest absolute Gasteiger partial charge is 0.000848 e. The molecule has 0 aliphatic carbocycles. The third-order valence-corrected chi connectivity index (χ3v) is 2.46. The van der Waals surface area contributed by atoms with Crippen LogP contribution in [0.1, 0.15) is 19.8 Å². The molecule has 0 spiro atoms. The lowest BCUT2D eigenvalue weighted by Gasteiger charge is -2.15. The lowest BCUT2D eigenvalue weighted by Crippen LogP contribution is -2.31. The zero-order valence-corrected chi connectivity index (χ0v) is 10.3. The number of rotatable bonds is 9. The van der Waals surface area contributed by atoms with Crippen molar-refractivity contribution < 1.29 is 0 Å². The van der Waals surface area contributed by atoms with Crippen LogP contribution in [0, 0.1) is 5.92 Å². The summed E-state index contributed by atoms with van der Waals surface area (Å²) in [5, 5.41) is 6.74. The highest BCUT2D eigenvalue weighted by Gasteiger charge is 2.03. The Morgan fingerprint density at radius 1 is 1.21 bits per heavy atom. The van der Waals surface area contributed by atoms with Crippen LogP contribution >= 0.6 is 0 Å². The van der Waals surface area contributed by atoms with Gasteiger partial charge in [0.25, 0.3) is 0 Å². The molecule has 2 N–H and O–H groups in total. The van der Waals surface area contributed by atoms with Gasteiger partial charge in [0.2, 0.25) is 0 Å². The predicted octanol–water partition coefficient (Wildman–Crippen LogP) is 0.773. The van der Waals surface area contributed by atoms with Gasteiger partial charge in [-0.3, -0.25) is 0 Å². The minimum absolute atomic E-state index is 0.777. The Balaban J connectivity index is 3.24. The molecule has 0 amide bonds. The number of nitrogens with zero attached hydrogens (tertiary/aromatic N) is 1. The zero-order chi connectivity index (χ0) is 10.8. The molecule has 3 nitrogen and oxygen atoms in total. The van der Waals surface area contributed by atoms with Crippen LogP contribution in [0.5, 0.6) is 0 Å². The molecule has 0 aromatic heterocycles. The van der Waals surface area contributed by atoms with Gasteiger partial charge in [0.1, 0.15) is 0 Å². The Hall–Kier alpha value is -0.120. The van der Waals surface area contributed by atoms with Crippen LogP contribution < -0.4 is 10.6 Å². The lowest BCUT2D eigenvalue weighted by atomic mass is 10.1. The van der Waals surface area contributed by atoms with E-state index >= 15 is 0 Å². The monoisotopic (exact) mass is 201 g/mol. The molecule has 0 aromatic carbocycles. The van der Waals surface area contributed by atoms with Crippen LogP contribution in [-0.2, 0) is 0 Å². The molecule has 0 saturated carbocycles. The highest BCUT2D eigenvalue weighted by molar-refractivity contribution is 4.62. The Morgan fingerprint density at radius 2 is 1.93 bits per heavy atom. The van der Waals surface area contributed by atoms with Crippen LogP contribution in [-0.4, -0.2) is 52.2 Å². The maximum absolute atomic E-state index is 3.51. The fourth-order valence-electron chi connectivity index (χ4n) is 1.48. The van der Waals surface area contributed by atoms with E-state index in [1.165, 1.54) is 19.4 Å². The summed E-state index contributed by atoms with van der Waals surface area (Å²) in [6.07, 6.45) is 2.49. The Labute approximate surface area is 89.2 Å². The Bertz CT molecular complexity index is 115. The molecule has 1 unspecified atom stereocenters. The van der Waals surface area contributed by atoms with Crippen LogP contribution in [0.3, 0.4) is 0 Å². The summed E-state index contributed by atoms with van der Waals surface area (Å²) in [4.78, 5) is 2.23. The number of hydrogen-bond donors (Lipinski definition) is 2. The van der Waals surface area contributed by atoms with Crippen molar-refractivity contribution in [3.63, 3.8) is 0 Å². The molecule has 1 atom stereocenters. The fraction of sp³-hybridized carbons (Fsp3) is 1.00. The molecule has 0 saturated heterocycles. The molecular weight excluding hydrogens is 174 g/mol. The minimum atomic E-state index is 0.777. The van der Waals surface area contributed by atoms with Crippen molar-refractivity contribution in [2.45, 2.75) is 19.8 Å². The van der Waals surface area contributed by atoms with E-state index in [4.69, 9.17) is 0 Å². The minimum Gasteiger partial charge on any atom is -0.319 e. The first kappa shape index (κ1) is 13.9. The van der Waals surface area contributed by atoms with E-state index in [9.17, 15) is 0 Å². The molecule has 0 fully saturated rings. The Kier molecular flexibility index (Phi) is 9.35. The summed E-state index contributed by atoms with van der Waals surface area (Å²) in [7, 11) is 6.26. The van der Waals surface area contributed by atoms with E-state index in [-0.39, 0.29) is 0 Å². The van der Waals surface area contributed by atoms with Crippen molar-refractivity contribution in [1.82, 2.24) is 15.5 Å². The van der Waals surface area contributed by atoms with E-state index in [0.29, 0.717) is 0 Å². The van der Waals surface area contributed by atoms with Crippen molar-refractivity contribution in [3.05, 3.63) is 0 Å². The number of hydrogen-bond acceptors (Lipinski definition) is 3. The van der Waals surface area contributed by atoms with Gasteiger partial charge in [-0.15, -0.1) is 0 Å². The van der Waals surface area contributed by atoms with Gasteiger partial charge in [-0.1, -0.05) is 13.3 Å². The van der Waals surface area contributed by atoms with Gasteiger partial charge in [-0.25, -0.2) is 0 Å². The van der Waals surface area contributed by atoms with E-state index < -0.39 is 0 Å². The molecule has 0 aliphatic rings. The summed E-state index contributed by atoms with van der Waals surface area (Å²) in [6.45, 7) is 6.83. The first-order chi connectivity index (χ1) is 6.70. The van der Waals surface area contributed by atoms with E-state index in [2.05, 4.69) is 36.6 Å². The Morgan fingerprint density at radius 3 is 2.43 bits per heavy atom. The highest BCUT2D eigenvalue weighted by atomic mass is 15.1. The summed E-state index contributed by atoms with van der Waals surface area (Å²) in [6, 6.07) is 0. The van der Waals surface area contributed by atoms with E-state index in [1.54, 1.807) is 0 Å². The van der Waals surface area contributed by atoms with Crippen LogP contribution in [0.25, 0.3) is 0 Å². The van der Waals surface area contributed by atoms with Gasteiger partial charge in [-0.2, -0.15) is 0 Å². The van der Waals surface area contributed by atoms with Crippen molar-refractivity contribution in [2.24, 2.45) is 5.92 Å². The second kappa shape index (κ2) is 9.44. The molecular formula is C11H27N3. The zero-order valence-electron chi connectivity index (χ0n) is 10.3. The standard InChI is InChI=1S/C11H27N3/c1-5-11(9-12-2)10-13-7-6-8-14(3)4/h11-13H,5-10H2,1-4H3. The third-order valence-electron chi connectivity index (χ3n) is 2.46. The molecule has 0 heterocycles. The average molecular weight is 201 g/mol. The maximum atomic E-state index is 3.51. The first-order valence-electron chi connectivity index (χ1n) is 5.70. The van der Waals surface area contributed by atoms with Crippen molar-refractivity contribution >= 4 is 0 Å². The molecule has 14 heavy (non-hydrogen) atoms. The first-order valence-corrected chi connectivity index (χ1v) is 5.70. The van der Waals surface area contributed by atoms with Crippen molar-refractivity contribution in [2.75, 3.05) is 47.3 Å². The van der Waals surface area contributed by atoms with Gasteiger partial charge >= 0.3 is 0 Å². The van der Waals surface area contributed by atoms with Gasteiger partial charge in [-0.05, 0) is 59.7 Å².